The number of rotatable bonds is 5. The van der Waals surface area contributed by atoms with Crippen LogP contribution < -0.4 is 11.6 Å². The normalized spacial score (nSPS) is 14.9. The van der Waals surface area contributed by atoms with Crippen molar-refractivity contribution in [1.82, 2.24) is 0 Å². The summed E-state index contributed by atoms with van der Waals surface area (Å²) in [6, 6.07) is 0. The highest BCUT2D eigenvalue weighted by atomic mass is 16.7. The third-order valence-electron chi connectivity index (χ3n) is 2.13. The lowest BCUT2D eigenvalue weighted by atomic mass is 9.95. The molecular weight excluding hydrogens is 224 g/mol. The Morgan fingerprint density at radius 3 is 2.12 bits per heavy atom. The SMILES string of the molecule is CC(CN)C[C@H](C(=O)ON)C(=O)OC(C)(C)C. The molecule has 0 heterocycles. The van der Waals surface area contributed by atoms with Crippen molar-refractivity contribution in [2.75, 3.05) is 6.54 Å². The van der Waals surface area contributed by atoms with E-state index in [4.69, 9.17) is 16.4 Å². The Kier molecular flexibility index (Phi) is 6.12. The zero-order valence-electron chi connectivity index (χ0n) is 10.9. The number of esters is 1. The van der Waals surface area contributed by atoms with E-state index in [2.05, 4.69) is 4.84 Å². The third-order valence-corrected chi connectivity index (χ3v) is 2.13. The lowest BCUT2D eigenvalue weighted by Gasteiger charge is -2.23. The predicted molar refractivity (Wildman–Crippen MR) is 62.4 cm³/mol. The van der Waals surface area contributed by atoms with Gasteiger partial charge in [0.15, 0.2) is 5.92 Å². The van der Waals surface area contributed by atoms with Crippen molar-refractivity contribution in [3.63, 3.8) is 0 Å². The Balaban J connectivity index is 4.68. The summed E-state index contributed by atoms with van der Waals surface area (Å²) in [5, 5.41) is 0. The zero-order valence-corrected chi connectivity index (χ0v) is 10.9. The summed E-state index contributed by atoms with van der Waals surface area (Å²) in [6.45, 7) is 7.38. The molecular formula is C11H22N2O4. The van der Waals surface area contributed by atoms with E-state index in [9.17, 15) is 9.59 Å². The van der Waals surface area contributed by atoms with Crippen LogP contribution in [0, 0.1) is 11.8 Å². The highest BCUT2D eigenvalue weighted by molar-refractivity contribution is 5.94. The van der Waals surface area contributed by atoms with Crippen LogP contribution in [0.25, 0.3) is 0 Å². The van der Waals surface area contributed by atoms with Crippen LogP contribution in [0.15, 0.2) is 0 Å². The minimum Gasteiger partial charge on any atom is -0.459 e. The number of carbonyl (C=O) groups is 2. The highest BCUT2D eigenvalue weighted by Gasteiger charge is 2.33. The second-order valence-electron chi connectivity index (χ2n) is 5.10. The summed E-state index contributed by atoms with van der Waals surface area (Å²) in [5.74, 6) is 2.37. The average Bonchev–Trinajstić information content (AvgIpc) is 2.21. The van der Waals surface area contributed by atoms with E-state index in [0.717, 1.165) is 0 Å². The Bertz CT molecular complexity index is 273. The molecule has 100 valence electrons. The van der Waals surface area contributed by atoms with Gasteiger partial charge in [-0.05, 0) is 39.7 Å². The van der Waals surface area contributed by atoms with Crippen molar-refractivity contribution >= 4 is 11.9 Å². The topological polar surface area (TPSA) is 105 Å². The molecule has 0 aliphatic carbocycles. The quantitative estimate of drug-likeness (QED) is 0.412. The molecule has 0 aromatic carbocycles. The predicted octanol–water partition coefficient (Wildman–Crippen LogP) is 0.346. The van der Waals surface area contributed by atoms with Gasteiger partial charge in [-0.25, -0.2) is 4.79 Å². The van der Waals surface area contributed by atoms with E-state index in [1.165, 1.54) is 0 Å². The minimum atomic E-state index is -1.02. The molecule has 0 saturated heterocycles. The molecule has 0 rings (SSSR count). The van der Waals surface area contributed by atoms with Gasteiger partial charge in [0.05, 0.1) is 0 Å². The number of ether oxygens (including phenoxy) is 1. The first-order chi connectivity index (χ1) is 7.71. The Hall–Kier alpha value is -1.14. The molecule has 0 saturated carbocycles. The first-order valence-corrected chi connectivity index (χ1v) is 5.54. The third kappa shape index (κ3) is 6.23. The molecule has 6 nitrogen and oxygen atoms in total. The van der Waals surface area contributed by atoms with Crippen LogP contribution in [-0.2, 0) is 19.2 Å². The number of hydrogen-bond acceptors (Lipinski definition) is 6. The fraction of sp³-hybridized carbons (Fsp3) is 0.818. The maximum Gasteiger partial charge on any atom is 0.338 e. The van der Waals surface area contributed by atoms with Crippen LogP contribution in [0.3, 0.4) is 0 Å². The van der Waals surface area contributed by atoms with Crippen molar-refractivity contribution in [3.05, 3.63) is 0 Å². The second-order valence-corrected chi connectivity index (χ2v) is 5.10. The molecule has 0 spiro atoms. The van der Waals surface area contributed by atoms with Crippen LogP contribution >= 0.6 is 0 Å². The van der Waals surface area contributed by atoms with E-state index < -0.39 is 23.5 Å². The smallest absolute Gasteiger partial charge is 0.338 e. The van der Waals surface area contributed by atoms with E-state index in [1.54, 1.807) is 20.8 Å². The highest BCUT2D eigenvalue weighted by Crippen LogP contribution is 2.18. The molecule has 0 aromatic rings. The van der Waals surface area contributed by atoms with Crippen molar-refractivity contribution < 1.29 is 19.2 Å². The monoisotopic (exact) mass is 246 g/mol. The summed E-state index contributed by atoms with van der Waals surface area (Å²) in [6.07, 6.45) is 0.265. The van der Waals surface area contributed by atoms with Crippen molar-refractivity contribution in [2.45, 2.75) is 39.7 Å². The van der Waals surface area contributed by atoms with Crippen molar-refractivity contribution in [3.8, 4) is 0 Å². The number of hydrogen-bond donors (Lipinski definition) is 2. The molecule has 0 aromatic heterocycles. The second kappa shape index (κ2) is 6.56. The van der Waals surface area contributed by atoms with Gasteiger partial charge in [-0.2, -0.15) is 5.90 Å². The Labute approximate surface area is 102 Å². The van der Waals surface area contributed by atoms with Gasteiger partial charge in [-0.3, -0.25) is 4.79 Å². The summed E-state index contributed by atoms with van der Waals surface area (Å²) >= 11 is 0. The van der Waals surface area contributed by atoms with Gasteiger partial charge in [-0.15, -0.1) is 0 Å². The maximum atomic E-state index is 11.8. The zero-order chi connectivity index (χ0) is 13.6. The molecule has 0 amide bonds. The lowest BCUT2D eigenvalue weighted by molar-refractivity contribution is -0.170. The molecule has 17 heavy (non-hydrogen) atoms. The molecule has 0 aliphatic heterocycles. The molecule has 0 radical (unpaired) electrons. The van der Waals surface area contributed by atoms with Crippen LogP contribution in [0.1, 0.15) is 34.1 Å². The molecule has 0 bridgehead atoms. The summed E-state index contributed by atoms with van der Waals surface area (Å²) in [7, 11) is 0. The lowest BCUT2D eigenvalue weighted by Crippen LogP contribution is -2.36. The van der Waals surface area contributed by atoms with E-state index in [1.807, 2.05) is 6.92 Å². The molecule has 4 N–H and O–H groups in total. The van der Waals surface area contributed by atoms with Crippen LogP contribution in [0.4, 0.5) is 0 Å². The van der Waals surface area contributed by atoms with Gasteiger partial charge in [0.2, 0.25) is 0 Å². The molecule has 2 atom stereocenters. The van der Waals surface area contributed by atoms with Gasteiger partial charge < -0.3 is 15.3 Å². The largest absolute Gasteiger partial charge is 0.459 e. The molecule has 1 unspecified atom stereocenters. The van der Waals surface area contributed by atoms with Crippen LogP contribution in [0.5, 0.6) is 0 Å². The number of nitrogens with two attached hydrogens (primary N) is 2. The van der Waals surface area contributed by atoms with E-state index >= 15 is 0 Å². The summed E-state index contributed by atoms with van der Waals surface area (Å²) in [5.41, 5.74) is 4.80. The van der Waals surface area contributed by atoms with E-state index in [0.29, 0.717) is 6.54 Å². The first kappa shape index (κ1) is 15.9. The minimum absolute atomic E-state index is 0.00613. The summed E-state index contributed by atoms with van der Waals surface area (Å²) in [4.78, 5) is 27.3. The van der Waals surface area contributed by atoms with Gasteiger partial charge >= 0.3 is 11.9 Å². The van der Waals surface area contributed by atoms with Gasteiger partial charge in [-0.1, -0.05) is 6.92 Å². The fourth-order valence-corrected chi connectivity index (χ4v) is 1.24. The Morgan fingerprint density at radius 2 is 1.76 bits per heavy atom. The van der Waals surface area contributed by atoms with Crippen LogP contribution in [0.2, 0.25) is 0 Å². The van der Waals surface area contributed by atoms with Crippen LogP contribution in [-0.4, -0.2) is 24.1 Å². The molecule has 0 fully saturated rings. The van der Waals surface area contributed by atoms with Crippen molar-refractivity contribution in [2.24, 2.45) is 23.5 Å². The average molecular weight is 246 g/mol. The van der Waals surface area contributed by atoms with Crippen molar-refractivity contribution in [1.29, 1.82) is 0 Å². The molecule has 0 aliphatic rings. The van der Waals surface area contributed by atoms with Gasteiger partial charge in [0.1, 0.15) is 5.60 Å². The number of carbonyl (C=O) groups excluding carboxylic acids is 2. The fourth-order valence-electron chi connectivity index (χ4n) is 1.24. The van der Waals surface area contributed by atoms with E-state index in [-0.39, 0.29) is 12.3 Å². The van der Waals surface area contributed by atoms with Gasteiger partial charge in [0.25, 0.3) is 0 Å². The first-order valence-electron chi connectivity index (χ1n) is 5.54. The maximum absolute atomic E-state index is 11.8. The Morgan fingerprint density at radius 1 is 1.24 bits per heavy atom. The molecule has 6 heteroatoms. The van der Waals surface area contributed by atoms with Gasteiger partial charge in [0, 0.05) is 0 Å². The summed E-state index contributed by atoms with van der Waals surface area (Å²) < 4.78 is 5.13. The standard InChI is InChI=1S/C11H22N2O4/c1-7(6-12)5-8(10(15)17-13)9(14)16-11(2,3)4/h7-8H,5-6,12-13H2,1-4H3/t7?,8-/m0/s1.